The Labute approximate surface area is 180 Å². The zero-order valence-electron chi connectivity index (χ0n) is 17.2. The molecule has 1 heterocycles. The first kappa shape index (κ1) is 21.4. The van der Waals surface area contributed by atoms with E-state index in [0.717, 1.165) is 16.5 Å². The number of hydrogen-bond acceptors (Lipinski definition) is 5. The van der Waals surface area contributed by atoms with Crippen LogP contribution in [0.3, 0.4) is 0 Å². The van der Waals surface area contributed by atoms with Crippen molar-refractivity contribution in [1.82, 2.24) is 14.5 Å². The molecular weight excluding hydrogens is 400 g/mol. The zero-order valence-corrected chi connectivity index (χ0v) is 18.0. The molecule has 0 saturated carbocycles. The van der Waals surface area contributed by atoms with Gasteiger partial charge in [0.2, 0.25) is 5.91 Å². The predicted molar refractivity (Wildman–Crippen MR) is 118 cm³/mol. The number of nitrogens with zero attached hydrogens (tertiary/aromatic N) is 3. The molecule has 0 aliphatic carbocycles. The van der Waals surface area contributed by atoms with Gasteiger partial charge in [0, 0.05) is 49.8 Å². The smallest absolute Gasteiger partial charge is 0.253 e. The second-order valence-corrected chi connectivity index (χ2v) is 7.65. The number of ether oxygens (including phenoxy) is 1. The maximum Gasteiger partial charge on any atom is 0.253 e. The molecule has 0 atom stereocenters. The molecule has 8 heteroatoms. The summed E-state index contributed by atoms with van der Waals surface area (Å²) in [6.45, 7) is 0.436. The molecule has 3 rings (SSSR count). The van der Waals surface area contributed by atoms with Crippen LogP contribution in [0, 0.1) is 0 Å². The number of para-hydroxylation sites is 1. The van der Waals surface area contributed by atoms with Gasteiger partial charge in [0.15, 0.2) is 5.16 Å². The standard InChI is InChI=1S/C22H24N4O3S/c1-25-13-12-23-22(25)30-15-20(27)24-18-10-8-16(9-11-18)21(28)26(2)14-17-6-4-5-7-19(17)29-3/h4-13H,14-15H2,1-3H3,(H,24,27). The first-order chi connectivity index (χ1) is 14.5. The van der Waals surface area contributed by atoms with E-state index >= 15 is 0 Å². The molecule has 3 aromatic rings. The van der Waals surface area contributed by atoms with Gasteiger partial charge in [0.25, 0.3) is 5.91 Å². The quantitative estimate of drug-likeness (QED) is 0.561. The number of rotatable bonds is 8. The Hall–Kier alpha value is -3.26. The summed E-state index contributed by atoms with van der Waals surface area (Å²) in [5, 5.41) is 3.62. The molecule has 1 N–H and O–H groups in total. The molecule has 0 spiro atoms. The minimum Gasteiger partial charge on any atom is -0.496 e. The van der Waals surface area contributed by atoms with Gasteiger partial charge in [0.05, 0.1) is 12.9 Å². The average Bonchev–Trinajstić information content (AvgIpc) is 3.17. The molecule has 2 aromatic carbocycles. The number of carbonyl (C=O) groups excluding carboxylic acids is 2. The summed E-state index contributed by atoms with van der Waals surface area (Å²) in [5.41, 5.74) is 2.13. The van der Waals surface area contributed by atoms with E-state index < -0.39 is 0 Å². The zero-order chi connectivity index (χ0) is 21.5. The number of amides is 2. The highest BCUT2D eigenvalue weighted by Crippen LogP contribution is 2.20. The number of aromatic nitrogens is 2. The molecule has 30 heavy (non-hydrogen) atoms. The second kappa shape index (κ2) is 9.98. The molecule has 0 fully saturated rings. The van der Waals surface area contributed by atoms with E-state index in [9.17, 15) is 9.59 Å². The van der Waals surface area contributed by atoms with Crippen LogP contribution in [0.1, 0.15) is 15.9 Å². The van der Waals surface area contributed by atoms with E-state index in [1.807, 2.05) is 42.1 Å². The Bertz CT molecular complexity index is 1020. The van der Waals surface area contributed by atoms with Crippen molar-refractivity contribution in [3.63, 3.8) is 0 Å². The lowest BCUT2D eigenvalue weighted by Gasteiger charge is -2.19. The highest BCUT2D eigenvalue weighted by atomic mass is 32.2. The van der Waals surface area contributed by atoms with Crippen LogP contribution in [-0.2, 0) is 18.4 Å². The number of hydrogen-bond donors (Lipinski definition) is 1. The van der Waals surface area contributed by atoms with E-state index in [1.165, 1.54) is 11.8 Å². The Kier molecular flexibility index (Phi) is 7.13. The fourth-order valence-corrected chi connectivity index (χ4v) is 3.63. The van der Waals surface area contributed by atoms with Crippen LogP contribution in [0.5, 0.6) is 5.75 Å². The Morgan fingerprint density at radius 2 is 1.90 bits per heavy atom. The van der Waals surface area contributed by atoms with Crippen LogP contribution in [0.25, 0.3) is 0 Å². The number of nitrogens with one attached hydrogen (secondary N) is 1. The fourth-order valence-electron chi connectivity index (χ4n) is 2.90. The molecular formula is C22H24N4O3S. The van der Waals surface area contributed by atoms with E-state index in [1.54, 1.807) is 49.5 Å². The highest BCUT2D eigenvalue weighted by molar-refractivity contribution is 7.99. The second-order valence-electron chi connectivity index (χ2n) is 6.71. The van der Waals surface area contributed by atoms with Crippen molar-refractivity contribution in [2.45, 2.75) is 11.7 Å². The molecule has 0 saturated heterocycles. The van der Waals surface area contributed by atoms with Crippen molar-refractivity contribution in [3.8, 4) is 5.75 Å². The normalized spacial score (nSPS) is 10.5. The molecule has 0 aliphatic rings. The minimum atomic E-state index is -0.129. The monoisotopic (exact) mass is 424 g/mol. The third kappa shape index (κ3) is 5.42. The van der Waals surface area contributed by atoms with E-state index in [4.69, 9.17) is 4.74 Å². The highest BCUT2D eigenvalue weighted by Gasteiger charge is 2.14. The van der Waals surface area contributed by atoms with Crippen molar-refractivity contribution in [2.75, 3.05) is 25.2 Å². The molecule has 1 aromatic heterocycles. The maximum absolute atomic E-state index is 12.7. The van der Waals surface area contributed by atoms with Crippen molar-refractivity contribution < 1.29 is 14.3 Å². The van der Waals surface area contributed by atoms with Crippen molar-refractivity contribution >= 4 is 29.3 Å². The van der Waals surface area contributed by atoms with Crippen LogP contribution < -0.4 is 10.1 Å². The van der Waals surface area contributed by atoms with Gasteiger partial charge >= 0.3 is 0 Å². The average molecular weight is 425 g/mol. The van der Waals surface area contributed by atoms with E-state index in [-0.39, 0.29) is 17.6 Å². The van der Waals surface area contributed by atoms with Crippen molar-refractivity contribution in [1.29, 1.82) is 0 Å². The molecule has 2 amide bonds. The first-order valence-electron chi connectivity index (χ1n) is 9.35. The molecule has 0 unspecified atom stereocenters. The molecule has 0 bridgehead atoms. The first-order valence-corrected chi connectivity index (χ1v) is 10.3. The maximum atomic E-state index is 12.7. The van der Waals surface area contributed by atoms with Crippen LogP contribution in [-0.4, -0.2) is 46.2 Å². The molecule has 0 aliphatic heterocycles. The lowest BCUT2D eigenvalue weighted by molar-refractivity contribution is -0.113. The van der Waals surface area contributed by atoms with Crippen LogP contribution in [0.15, 0.2) is 66.1 Å². The summed E-state index contributed by atoms with van der Waals surface area (Å²) in [6.07, 6.45) is 3.53. The summed E-state index contributed by atoms with van der Waals surface area (Å²) in [6, 6.07) is 14.5. The van der Waals surface area contributed by atoms with Gasteiger partial charge in [0.1, 0.15) is 5.75 Å². The summed E-state index contributed by atoms with van der Waals surface area (Å²) in [5.74, 6) is 0.769. The lowest BCUT2D eigenvalue weighted by Crippen LogP contribution is -2.26. The largest absolute Gasteiger partial charge is 0.496 e. The molecule has 0 radical (unpaired) electrons. The van der Waals surface area contributed by atoms with E-state index in [2.05, 4.69) is 10.3 Å². The van der Waals surface area contributed by atoms with Gasteiger partial charge in [-0.05, 0) is 30.3 Å². The summed E-state index contributed by atoms with van der Waals surface area (Å²) < 4.78 is 7.21. The SMILES string of the molecule is COc1ccccc1CN(C)C(=O)c1ccc(NC(=O)CSc2nccn2C)cc1. The van der Waals surface area contributed by atoms with Crippen molar-refractivity contribution in [3.05, 3.63) is 72.1 Å². The summed E-state index contributed by atoms with van der Waals surface area (Å²) >= 11 is 1.37. The summed E-state index contributed by atoms with van der Waals surface area (Å²) in [4.78, 5) is 30.7. The number of methoxy groups -OCH3 is 1. The predicted octanol–water partition coefficient (Wildman–Crippen LogP) is 3.43. The number of carbonyl (C=O) groups is 2. The van der Waals surface area contributed by atoms with Crippen LogP contribution in [0.2, 0.25) is 0 Å². The third-order valence-electron chi connectivity index (χ3n) is 4.47. The van der Waals surface area contributed by atoms with E-state index in [0.29, 0.717) is 17.8 Å². The van der Waals surface area contributed by atoms with Gasteiger partial charge in [-0.25, -0.2) is 4.98 Å². The fraction of sp³-hybridized carbons (Fsp3) is 0.227. The Morgan fingerprint density at radius 3 is 2.57 bits per heavy atom. The Morgan fingerprint density at radius 1 is 1.17 bits per heavy atom. The van der Waals surface area contributed by atoms with Crippen molar-refractivity contribution in [2.24, 2.45) is 7.05 Å². The van der Waals surface area contributed by atoms with Crippen LogP contribution in [0.4, 0.5) is 5.69 Å². The molecule has 7 nitrogen and oxygen atoms in total. The lowest BCUT2D eigenvalue weighted by atomic mass is 10.1. The molecule has 156 valence electrons. The summed E-state index contributed by atoms with van der Waals surface area (Å²) in [7, 11) is 5.25. The third-order valence-corrected chi connectivity index (χ3v) is 5.53. The number of benzene rings is 2. The van der Waals surface area contributed by atoms with Gasteiger partial charge in [-0.2, -0.15) is 0 Å². The topological polar surface area (TPSA) is 76.5 Å². The number of anilines is 1. The number of aryl methyl sites for hydroxylation is 1. The van der Waals surface area contributed by atoms with Gasteiger partial charge in [-0.15, -0.1) is 0 Å². The van der Waals surface area contributed by atoms with Gasteiger partial charge in [-0.1, -0.05) is 30.0 Å². The number of thioether (sulfide) groups is 1. The van der Waals surface area contributed by atoms with Gasteiger partial charge in [-0.3, -0.25) is 9.59 Å². The minimum absolute atomic E-state index is 0.107. The van der Waals surface area contributed by atoms with Crippen LogP contribution >= 0.6 is 11.8 Å². The number of imidazole rings is 1. The Balaban J connectivity index is 1.55. The van der Waals surface area contributed by atoms with Gasteiger partial charge < -0.3 is 19.5 Å².